The summed E-state index contributed by atoms with van der Waals surface area (Å²) in [5.74, 6) is 2.00. The van der Waals surface area contributed by atoms with Crippen LogP contribution in [0.1, 0.15) is 22.5 Å². The highest BCUT2D eigenvalue weighted by atomic mass is 35.5. The second-order valence-electron chi connectivity index (χ2n) is 7.41. The lowest BCUT2D eigenvalue weighted by molar-refractivity contribution is -0.137. The lowest BCUT2D eigenvalue weighted by Gasteiger charge is -2.13. The number of hydrogen-bond donors (Lipinski definition) is 0. The molecule has 0 saturated heterocycles. The molecular formula is C23H19ClF3N3O4S. The molecule has 35 heavy (non-hydrogen) atoms. The standard InChI is InChI=1S/C23H19ClF3N3O4S/c1-32-16-9-13(10-17(33-2)20(16)34-3)5-7-19-28-22-30(29-19)21(31)18(35-22)11-12-4-6-15(24)14(8-12)23(25,26)27/h4,6,8-11H,5,7H2,1-3H3/b18-11-. The van der Waals surface area contributed by atoms with Crippen molar-refractivity contribution in [2.24, 2.45) is 0 Å². The Morgan fingerprint density at radius 1 is 1.06 bits per heavy atom. The van der Waals surface area contributed by atoms with Crippen LogP contribution in [0.2, 0.25) is 5.02 Å². The van der Waals surface area contributed by atoms with Crippen molar-refractivity contribution in [2.45, 2.75) is 19.0 Å². The third-order valence-electron chi connectivity index (χ3n) is 5.18. The van der Waals surface area contributed by atoms with E-state index >= 15 is 0 Å². The molecule has 0 unspecified atom stereocenters. The molecule has 0 saturated carbocycles. The van der Waals surface area contributed by atoms with Crippen LogP contribution in [0.5, 0.6) is 17.2 Å². The van der Waals surface area contributed by atoms with Crippen molar-refractivity contribution in [1.82, 2.24) is 14.6 Å². The van der Waals surface area contributed by atoms with Gasteiger partial charge < -0.3 is 14.2 Å². The number of fused-ring (bicyclic) bond motifs is 1. The average molecular weight is 526 g/mol. The minimum Gasteiger partial charge on any atom is -0.493 e. The molecular weight excluding hydrogens is 507 g/mol. The Morgan fingerprint density at radius 3 is 2.31 bits per heavy atom. The van der Waals surface area contributed by atoms with Crippen LogP contribution in [-0.4, -0.2) is 35.9 Å². The molecule has 0 spiro atoms. The zero-order chi connectivity index (χ0) is 25.3. The summed E-state index contributed by atoms with van der Waals surface area (Å²) in [5.41, 5.74) is -0.322. The first-order valence-corrected chi connectivity index (χ1v) is 11.4. The molecule has 0 radical (unpaired) electrons. The lowest BCUT2D eigenvalue weighted by atomic mass is 10.1. The van der Waals surface area contributed by atoms with E-state index in [1.54, 1.807) is 0 Å². The van der Waals surface area contributed by atoms with Gasteiger partial charge in [0.2, 0.25) is 10.7 Å². The van der Waals surface area contributed by atoms with E-state index in [1.807, 2.05) is 12.1 Å². The van der Waals surface area contributed by atoms with E-state index in [4.69, 9.17) is 25.8 Å². The van der Waals surface area contributed by atoms with Crippen molar-refractivity contribution in [3.05, 3.63) is 72.8 Å². The number of aryl methyl sites for hydroxylation is 2. The Bertz CT molecular complexity index is 1480. The van der Waals surface area contributed by atoms with Gasteiger partial charge in [-0.05, 0) is 47.9 Å². The predicted molar refractivity (Wildman–Crippen MR) is 126 cm³/mol. The summed E-state index contributed by atoms with van der Waals surface area (Å²) >= 11 is 6.71. The summed E-state index contributed by atoms with van der Waals surface area (Å²) in [4.78, 5) is 17.5. The molecule has 0 N–H and O–H groups in total. The molecule has 0 atom stereocenters. The Balaban J connectivity index is 1.59. The van der Waals surface area contributed by atoms with E-state index in [-0.39, 0.29) is 10.1 Å². The quantitative estimate of drug-likeness (QED) is 0.360. The third kappa shape index (κ3) is 5.06. The highest BCUT2D eigenvalue weighted by molar-refractivity contribution is 7.15. The maximum atomic E-state index is 13.1. The normalized spacial score (nSPS) is 12.4. The van der Waals surface area contributed by atoms with Gasteiger partial charge in [0.1, 0.15) is 0 Å². The van der Waals surface area contributed by atoms with Crippen LogP contribution in [0, 0.1) is 0 Å². The monoisotopic (exact) mass is 525 g/mol. The number of nitrogens with zero attached hydrogens (tertiary/aromatic N) is 3. The molecule has 2 aromatic heterocycles. The van der Waals surface area contributed by atoms with Gasteiger partial charge in [-0.15, -0.1) is 5.10 Å². The van der Waals surface area contributed by atoms with Crippen LogP contribution in [-0.2, 0) is 19.0 Å². The largest absolute Gasteiger partial charge is 0.493 e. The topological polar surface area (TPSA) is 75.0 Å². The van der Waals surface area contributed by atoms with Crippen molar-refractivity contribution in [3.63, 3.8) is 0 Å². The summed E-state index contributed by atoms with van der Waals surface area (Å²) < 4.78 is 56.8. The Morgan fingerprint density at radius 2 is 1.74 bits per heavy atom. The van der Waals surface area contributed by atoms with Gasteiger partial charge in [0.05, 0.1) is 36.4 Å². The molecule has 0 aliphatic heterocycles. The first-order valence-electron chi connectivity index (χ1n) is 10.2. The van der Waals surface area contributed by atoms with Crippen molar-refractivity contribution in [2.75, 3.05) is 21.3 Å². The molecule has 12 heteroatoms. The van der Waals surface area contributed by atoms with Gasteiger partial charge in [-0.3, -0.25) is 4.79 Å². The second kappa shape index (κ2) is 9.74. The zero-order valence-electron chi connectivity index (χ0n) is 18.8. The van der Waals surface area contributed by atoms with E-state index in [9.17, 15) is 18.0 Å². The fraction of sp³-hybridized carbons (Fsp3) is 0.261. The molecule has 2 heterocycles. The van der Waals surface area contributed by atoms with Gasteiger partial charge in [0.15, 0.2) is 17.3 Å². The number of rotatable bonds is 7. The smallest absolute Gasteiger partial charge is 0.417 e. The Kier molecular flexibility index (Phi) is 6.91. The molecule has 184 valence electrons. The van der Waals surface area contributed by atoms with Crippen LogP contribution in [0.3, 0.4) is 0 Å². The molecule has 7 nitrogen and oxygen atoms in total. The van der Waals surface area contributed by atoms with Crippen molar-refractivity contribution >= 4 is 34.0 Å². The summed E-state index contributed by atoms with van der Waals surface area (Å²) in [5, 5.41) is 3.87. The van der Waals surface area contributed by atoms with Crippen molar-refractivity contribution in [1.29, 1.82) is 0 Å². The number of aromatic nitrogens is 3. The molecule has 0 amide bonds. The van der Waals surface area contributed by atoms with Gasteiger partial charge >= 0.3 is 6.18 Å². The molecule has 4 rings (SSSR count). The van der Waals surface area contributed by atoms with Crippen LogP contribution in [0.25, 0.3) is 11.0 Å². The number of methoxy groups -OCH3 is 3. The van der Waals surface area contributed by atoms with E-state index in [1.165, 1.54) is 33.5 Å². The van der Waals surface area contributed by atoms with E-state index in [0.29, 0.717) is 40.9 Å². The van der Waals surface area contributed by atoms with Crippen LogP contribution in [0.4, 0.5) is 13.2 Å². The highest BCUT2D eigenvalue weighted by Gasteiger charge is 2.33. The summed E-state index contributed by atoms with van der Waals surface area (Å²) in [6.07, 6.45) is -2.24. The summed E-state index contributed by atoms with van der Waals surface area (Å²) in [7, 11) is 4.59. The minimum atomic E-state index is -4.60. The first-order chi connectivity index (χ1) is 16.6. The van der Waals surface area contributed by atoms with E-state index in [0.717, 1.165) is 33.5 Å². The van der Waals surface area contributed by atoms with Crippen LogP contribution in [0.15, 0.2) is 35.1 Å². The SMILES string of the molecule is COc1cc(CCc2nc3s/c(=C\c4ccc(Cl)c(C(F)(F)F)c4)c(=O)n3n2)cc(OC)c1OC. The van der Waals surface area contributed by atoms with Crippen LogP contribution >= 0.6 is 22.9 Å². The zero-order valence-corrected chi connectivity index (χ0v) is 20.3. The molecule has 0 fully saturated rings. The fourth-order valence-corrected chi connectivity index (χ4v) is 4.67. The number of ether oxygens (including phenoxy) is 3. The minimum absolute atomic E-state index is 0.200. The molecule has 0 bridgehead atoms. The van der Waals surface area contributed by atoms with Crippen LogP contribution < -0.4 is 24.3 Å². The second-order valence-corrected chi connectivity index (χ2v) is 8.83. The number of alkyl halides is 3. The van der Waals surface area contributed by atoms with Gasteiger partial charge in [0.25, 0.3) is 5.56 Å². The average Bonchev–Trinajstić information content (AvgIpc) is 3.35. The maximum absolute atomic E-state index is 13.1. The first kappa shape index (κ1) is 24.8. The van der Waals surface area contributed by atoms with Gasteiger partial charge in [-0.2, -0.15) is 17.7 Å². The summed E-state index contributed by atoms with van der Waals surface area (Å²) in [6, 6.07) is 7.12. The fourth-order valence-electron chi connectivity index (χ4n) is 3.52. The lowest BCUT2D eigenvalue weighted by Crippen LogP contribution is -2.24. The van der Waals surface area contributed by atoms with Crippen molar-refractivity contribution < 1.29 is 27.4 Å². The number of thiazole rings is 1. The van der Waals surface area contributed by atoms with Crippen molar-refractivity contribution in [3.8, 4) is 17.2 Å². The molecule has 4 aromatic rings. The number of hydrogen-bond acceptors (Lipinski definition) is 7. The Hall–Kier alpha value is -3.31. The van der Waals surface area contributed by atoms with Gasteiger partial charge in [0, 0.05) is 6.42 Å². The molecule has 2 aromatic carbocycles. The molecule has 0 aliphatic carbocycles. The Labute approximate surface area is 206 Å². The van der Waals surface area contributed by atoms with E-state index in [2.05, 4.69) is 10.1 Å². The predicted octanol–water partition coefficient (Wildman–Crippen LogP) is 4.18. The van der Waals surface area contributed by atoms with Gasteiger partial charge in [-0.1, -0.05) is 29.0 Å². The number of benzene rings is 2. The van der Waals surface area contributed by atoms with E-state index < -0.39 is 22.3 Å². The third-order valence-corrected chi connectivity index (χ3v) is 6.47. The van der Waals surface area contributed by atoms with Gasteiger partial charge in [-0.25, -0.2) is 4.98 Å². The summed E-state index contributed by atoms with van der Waals surface area (Å²) in [6.45, 7) is 0. The highest BCUT2D eigenvalue weighted by Crippen LogP contribution is 2.38. The molecule has 0 aliphatic rings. The maximum Gasteiger partial charge on any atom is 0.417 e. The number of halogens is 4.